The Kier molecular flexibility index (Phi) is 4.25. The van der Waals surface area contributed by atoms with Gasteiger partial charge in [-0.15, -0.1) is 0 Å². The molecule has 0 unspecified atom stereocenters. The van der Waals surface area contributed by atoms with Gasteiger partial charge in [0.15, 0.2) is 0 Å². The van der Waals surface area contributed by atoms with Crippen LogP contribution in [-0.2, 0) is 6.42 Å². The Balaban J connectivity index is 1.59. The molecule has 5 heteroatoms. The smallest absolute Gasteiger partial charge is 0.251 e. The second-order valence-corrected chi connectivity index (χ2v) is 4.90. The van der Waals surface area contributed by atoms with Crippen LogP contribution in [0.1, 0.15) is 16.1 Å². The maximum atomic E-state index is 12.1. The first-order valence-corrected chi connectivity index (χ1v) is 7.09. The van der Waals surface area contributed by atoms with E-state index >= 15 is 0 Å². The molecule has 2 aromatic heterocycles. The lowest BCUT2D eigenvalue weighted by atomic mass is 10.1. The molecule has 0 atom stereocenters. The van der Waals surface area contributed by atoms with E-state index < -0.39 is 0 Å². The molecular formula is C17H16N4O. The Labute approximate surface area is 128 Å². The van der Waals surface area contributed by atoms with Gasteiger partial charge < -0.3 is 10.3 Å². The van der Waals surface area contributed by atoms with E-state index in [9.17, 15) is 4.79 Å². The zero-order chi connectivity index (χ0) is 15.2. The molecule has 0 radical (unpaired) electrons. The number of nitrogens with zero attached hydrogens (tertiary/aromatic N) is 2. The van der Waals surface area contributed by atoms with Gasteiger partial charge in [-0.2, -0.15) is 0 Å². The number of rotatable bonds is 5. The summed E-state index contributed by atoms with van der Waals surface area (Å²) in [5.41, 5.74) is 3.74. The molecule has 5 nitrogen and oxygen atoms in total. The van der Waals surface area contributed by atoms with Crippen molar-refractivity contribution in [3.8, 4) is 11.1 Å². The third kappa shape index (κ3) is 3.38. The van der Waals surface area contributed by atoms with Crippen LogP contribution in [0.2, 0.25) is 0 Å². The zero-order valence-electron chi connectivity index (χ0n) is 12.0. The molecule has 22 heavy (non-hydrogen) atoms. The van der Waals surface area contributed by atoms with Gasteiger partial charge in [0.05, 0.1) is 6.33 Å². The van der Waals surface area contributed by atoms with E-state index in [1.807, 2.05) is 36.4 Å². The number of nitrogens with one attached hydrogen (secondary N) is 2. The minimum atomic E-state index is -0.0720. The van der Waals surface area contributed by atoms with Crippen LogP contribution in [0.5, 0.6) is 0 Å². The van der Waals surface area contributed by atoms with Gasteiger partial charge in [0, 0.05) is 42.8 Å². The van der Waals surface area contributed by atoms with Crippen molar-refractivity contribution in [2.24, 2.45) is 0 Å². The van der Waals surface area contributed by atoms with E-state index in [0.29, 0.717) is 12.1 Å². The second kappa shape index (κ2) is 6.67. The van der Waals surface area contributed by atoms with E-state index in [1.54, 1.807) is 24.9 Å². The molecule has 0 spiro atoms. The van der Waals surface area contributed by atoms with Crippen LogP contribution in [0.3, 0.4) is 0 Å². The quantitative estimate of drug-likeness (QED) is 0.759. The van der Waals surface area contributed by atoms with E-state index in [4.69, 9.17) is 0 Å². The molecule has 0 aliphatic heterocycles. The summed E-state index contributed by atoms with van der Waals surface area (Å²) in [6, 6.07) is 11.4. The SMILES string of the molecule is O=C(NCCc1cnc[nH]1)c1ccc(-c2cccnc2)cc1. The Morgan fingerprint density at radius 1 is 1.05 bits per heavy atom. The van der Waals surface area contributed by atoms with Crippen molar-refractivity contribution in [3.63, 3.8) is 0 Å². The predicted octanol–water partition coefficient (Wildman–Crippen LogP) is 2.44. The van der Waals surface area contributed by atoms with Crippen LogP contribution in [0.4, 0.5) is 0 Å². The number of H-pyrrole nitrogens is 1. The first-order chi connectivity index (χ1) is 10.8. The lowest BCUT2D eigenvalue weighted by molar-refractivity contribution is 0.0954. The molecule has 1 aromatic carbocycles. The van der Waals surface area contributed by atoms with Gasteiger partial charge in [0.1, 0.15) is 0 Å². The zero-order valence-corrected chi connectivity index (χ0v) is 12.0. The normalized spacial score (nSPS) is 10.4. The van der Waals surface area contributed by atoms with Crippen molar-refractivity contribution < 1.29 is 4.79 Å². The molecule has 0 saturated carbocycles. The van der Waals surface area contributed by atoms with Gasteiger partial charge in [-0.05, 0) is 29.3 Å². The number of aromatic amines is 1. The van der Waals surface area contributed by atoms with Crippen molar-refractivity contribution in [2.75, 3.05) is 6.54 Å². The van der Waals surface area contributed by atoms with Crippen LogP contribution < -0.4 is 5.32 Å². The number of hydrogen-bond donors (Lipinski definition) is 2. The van der Waals surface area contributed by atoms with Crippen molar-refractivity contribution >= 4 is 5.91 Å². The third-order valence-electron chi connectivity index (χ3n) is 3.38. The second-order valence-electron chi connectivity index (χ2n) is 4.90. The summed E-state index contributed by atoms with van der Waals surface area (Å²) >= 11 is 0. The predicted molar refractivity (Wildman–Crippen MR) is 84.3 cm³/mol. The molecular weight excluding hydrogens is 276 g/mol. The highest BCUT2D eigenvalue weighted by molar-refractivity contribution is 5.94. The summed E-state index contributed by atoms with van der Waals surface area (Å²) in [5, 5.41) is 2.90. The maximum Gasteiger partial charge on any atom is 0.251 e. The first-order valence-electron chi connectivity index (χ1n) is 7.09. The monoisotopic (exact) mass is 292 g/mol. The van der Waals surface area contributed by atoms with Gasteiger partial charge in [-0.25, -0.2) is 4.98 Å². The Morgan fingerprint density at radius 3 is 2.59 bits per heavy atom. The number of imidazole rings is 1. The summed E-state index contributed by atoms with van der Waals surface area (Å²) < 4.78 is 0. The van der Waals surface area contributed by atoms with Crippen LogP contribution in [0.25, 0.3) is 11.1 Å². The third-order valence-corrected chi connectivity index (χ3v) is 3.38. The number of aromatic nitrogens is 3. The molecule has 0 aliphatic rings. The lowest BCUT2D eigenvalue weighted by Crippen LogP contribution is -2.25. The summed E-state index contributed by atoms with van der Waals surface area (Å²) in [7, 11) is 0. The number of carbonyl (C=O) groups is 1. The van der Waals surface area contributed by atoms with Crippen molar-refractivity contribution in [1.82, 2.24) is 20.3 Å². The molecule has 0 aliphatic carbocycles. The Bertz CT molecular complexity index is 721. The van der Waals surface area contributed by atoms with Crippen LogP contribution in [0.15, 0.2) is 61.3 Å². The minimum absolute atomic E-state index is 0.0720. The van der Waals surface area contributed by atoms with E-state index in [-0.39, 0.29) is 5.91 Å². The summed E-state index contributed by atoms with van der Waals surface area (Å²) in [6.07, 6.45) is 7.67. The molecule has 3 aromatic rings. The van der Waals surface area contributed by atoms with E-state index in [2.05, 4.69) is 20.3 Å². The number of carbonyl (C=O) groups excluding carboxylic acids is 1. The molecule has 3 rings (SSSR count). The molecule has 0 fully saturated rings. The first kappa shape index (κ1) is 14.0. The van der Waals surface area contributed by atoms with Gasteiger partial charge in [-0.1, -0.05) is 18.2 Å². The molecule has 2 heterocycles. The highest BCUT2D eigenvalue weighted by Crippen LogP contribution is 2.18. The van der Waals surface area contributed by atoms with Gasteiger partial charge >= 0.3 is 0 Å². The lowest BCUT2D eigenvalue weighted by Gasteiger charge is -2.06. The largest absolute Gasteiger partial charge is 0.352 e. The fraction of sp³-hybridized carbons (Fsp3) is 0.118. The average molecular weight is 292 g/mol. The van der Waals surface area contributed by atoms with Crippen LogP contribution in [-0.4, -0.2) is 27.4 Å². The average Bonchev–Trinajstić information content (AvgIpc) is 3.09. The number of amides is 1. The van der Waals surface area contributed by atoms with Gasteiger partial charge in [0.25, 0.3) is 5.91 Å². The van der Waals surface area contributed by atoms with Crippen LogP contribution in [0, 0.1) is 0 Å². The van der Waals surface area contributed by atoms with Crippen molar-refractivity contribution in [1.29, 1.82) is 0 Å². The minimum Gasteiger partial charge on any atom is -0.352 e. The number of hydrogen-bond acceptors (Lipinski definition) is 3. The molecule has 2 N–H and O–H groups in total. The summed E-state index contributed by atoms with van der Waals surface area (Å²) in [5.74, 6) is -0.0720. The molecule has 110 valence electrons. The molecule has 0 bridgehead atoms. The highest BCUT2D eigenvalue weighted by Gasteiger charge is 2.05. The fourth-order valence-corrected chi connectivity index (χ4v) is 2.18. The topological polar surface area (TPSA) is 70.7 Å². The number of benzene rings is 1. The van der Waals surface area contributed by atoms with Crippen molar-refractivity contribution in [2.45, 2.75) is 6.42 Å². The highest BCUT2D eigenvalue weighted by atomic mass is 16.1. The fourth-order valence-electron chi connectivity index (χ4n) is 2.18. The molecule has 1 amide bonds. The van der Waals surface area contributed by atoms with Crippen molar-refractivity contribution in [3.05, 3.63) is 72.6 Å². The van der Waals surface area contributed by atoms with E-state index in [1.165, 1.54) is 0 Å². The maximum absolute atomic E-state index is 12.1. The number of pyridine rings is 1. The van der Waals surface area contributed by atoms with Gasteiger partial charge in [0.2, 0.25) is 0 Å². The van der Waals surface area contributed by atoms with E-state index in [0.717, 1.165) is 23.2 Å². The summed E-state index contributed by atoms with van der Waals surface area (Å²) in [4.78, 5) is 23.1. The Hall–Kier alpha value is -2.95. The summed E-state index contributed by atoms with van der Waals surface area (Å²) in [6.45, 7) is 0.575. The standard InChI is InChI=1S/C17H16N4O/c22-17(20-9-7-16-11-19-12-21-16)14-5-3-13(4-6-14)15-2-1-8-18-10-15/h1-6,8,10-12H,7,9H2,(H,19,21)(H,20,22). The Morgan fingerprint density at radius 2 is 1.91 bits per heavy atom. The van der Waals surface area contributed by atoms with Crippen LogP contribution >= 0.6 is 0 Å². The molecule has 0 saturated heterocycles. The van der Waals surface area contributed by atoms with Gasteiger partial charge in [-0.3, -0.25) is 9.78 Å².